The summed E-state index contributed by atoms with van der Waals surface area (Å²) in [6, 6.07) is 9.75. The number of benzene rings is 2. The molecule has 0 aliphatic heterocycles. The molecule has 21 heavy (non-hydrogen) atoms. The van der Waals surface area contributed by atoms with Gasteiger partial charge in [-0.1, -0.05) is 25.1 Å². The van der Waals surface area contributed by atoms with E-state index in [1.54, 1.807) is 0 Å². The van der Waals surface area contributed by atoms with E-state index < -0.39 is 11.6 Å². The fourth-order valence-electron chi connectivity index (χ4n) is 1.86. The van der Waals surface area contributed by atoms with Gasteiger partial charge in [-0.2, -0.15) is 0 Å². The number of halogens is 3. The molecule has 0 radical (unpaired) electrons. The molecule has 0 spiro atoms. The topological polar surface area (TPSA) is 21.3 Å². The molecule has 0 saturated carbocycles. The standard InChI is InChI=1S/C16H16BrF2NO/c1-2-20-9-11-6-7-15(13(17)8-11)21-10-12-4-3-5-14(18)16(12)19/h3-8,20H,2,9-10H2,1H3. The Balaban J connectivity index is 2.04. The molecule has 0 amide bonds. The summed E-state index contributed by atoms with van der Waals surface area (Å²) in [6.45, 7) is 3.69. The van der Waals surface area contributed by atoms with E-state index in [1.807, 2.05) is 25.1 Å². The maximum Gasteiger partial charge on any atom is 0.165 e. The molecule has 2 aromatic carbocycles. The molecular weight excluding hydrogens is 340 g/mol. The molecule has 5 heteroatoms. The third-order valence-electron chi connectivity index (χ3n) is 2.99. The van der Waals surface area contributed by atoms with Gasteiger partial charge in [-0.15, -0.1) is 0 Å². The lowest BCUT2D eigenvalue weighted by Crippen LogP contribution is -2.11. The Morgan fingerprint density at radius 3 is 2.71 bits per heavy atom. The van der Waals surface area contributed by atoms with Crippen LogP contribution in [-0.4, -0.2) is 6.54 Å². The SMILES string of the molecule is CCNCc1ccc(OCc2cccc(F)c2F)c(Br)c1. The van der Waals surface area contributed by atoms with Crippen LogP contribution in [0.25, 0.3) is 0 Å². The second-order valence-corrected chi connectivity index (χ2v) is 5.40. The quantitative estimate of drug-likeness (QED) is 0.828. The summed E-state index contributed by atoms with van der Waals surface area (Å²) < 4.78 is 33.0. The minimum absolute atomic E-state index is 0.0191. The molecule has 0 aromatic heterocycles. The number of nitrogens with one attached hydrogen (secondary N) is 1. The van der Waals surface area contributed by atoms with Gasteiger partial charge in [-0.05, 0) is 46.2 Å². The molecule has 0 fully saturated rings. The average molecular weight is 356 g/mol. The maximum absolute atomic E-state index is 13.5. The van der Waals surface area contributed by atoms with Crippen LogP contribution in [0.15, 0.2) is 40.9 Å². The first kappa shape index (κ1) is 15.9. The maximum atomic E-state index is 13.5. The van der Waals surface area contributed by atoms with Crippen molar-refractivity contribution >= 4 is 15.9 Å². The molecule has 2 aromatic rings. The fourth-order valence-corrected chi connectivity index (χ4v) is 2.40. The van der Waals surface area contributed by atoms with E-state index in [0.29, 0.717) is 5.75 Å². The number of hydrogen-bond acceptors (Lipinski definition) is 2. The zero-order valence-corrected chi connectivity index (χ0v) is 13.2. The summed E-state index contributed by atoms with van der Waals surface area (Å²) in [6.07, 6.45) is 0. The van der Waals surface area contributed by atoms with Gasteiger partial charge in [-0.3, -0.25) is 0 Å². The smallest absolute Gasteiger partial charge is 0.165 e. The summed E-state index contributed by atoms with van der Waals surface area (Å²) >= 11 is 3.42. The van der Waals surface area contributed by atoms with Crippen LogP contribution in [0.4, 0.5) is 8.78 Å². The van der Waals surface area contributed by atoms with Crippen molar-refractivity contribution in [1.29, 1.82) is 0 Å². The van der Waals surface area contributed by atoms with Gasteiger partial charge in [0.05, 0.1) is 4.47 Å². The van der Waals surface area contributed by atoms with Crippen molar-refractivity contribution in [1.82, 2.24) is 5.32 Å². The lowest BCUT2D eigenvalue weighted by Gasteiger charge is -2.11. The van der Waals surface area contributed by atoms with Crippen LogP contribution in [0.1, 0.15) is 18.1 Å². The minimum Gasteiger partial charge on any atom is -0.488 e. The highest BCUT2D eigenvalue weighted by Gasteiger charge is 2.09. The van der Waals surface area contributed by atoms with Crippen molar-refractivity contribution in [3.63, 3.8) is 0 Å². The number of ether oxygens (including phenoxy) is 1. The molecule has 0 atom stereocenters. The first-order valence-electron chi connectivity index (χ1n) is 6.66. The summed E-state index contributed by atoms with van der Waals surface area (Å²) in [5.74, 6) is -1.13. The Bertz CT molecular complexity index is 619. The third-order valence-corrected chi connectivity index (χ3v) is 3.61. The molecule has 0 saturated heterocycles. The Hall–Kier alpha value is -1.46. The second kappa shape index (κ2) is 7.52. The highest BCUT2D eigenvalue weighted by Crippen LogP contribution is 2.27. The predicted molar refractivity (Wildman–Crippen MR) is 82.2 cm³/mol. The van der Waals surface area contributed by atoms with Crippen LogP contribution in [0.2, 0.25) is 0 Å². The molecule has 0 heterocycles. The van der Waals surface area contributed by atoms with Gasteiger partial charge < -0.3 is 10.1 Å². The van der Waals surface area contributed by atoms with Crippen molar-refractivity contribution in [3.05, 3.63) is 63.6 Å². The molecule has 0 bridgehead atoms. The molecule has 112 valence electrons. The van der Waals surface area contributed by atoms with Crippen molar-refractivity contribution < 1.29 is 13.5 Å². The van der Waals surface area contributed by atoms with Crippen LogP contribution in [0, 0.1) is 11.6 Å². The van der Waals surface area contributed by atoms with Gasteiger partial charge in [0.25, 0.3) is 0 Å². The average Bonchev–Trinajstić information content (AvgIpc) is 2.48. The van der Waals surface area contributed by atoms with Gasteiger partial charge in [-0.25, -0.2) is 8.78 Å². The Morgan fingerprint density at radius 2 is 2.00 bits per heavy atom. The van der Waals surface area contributed by atoms with E-state index in [2.05, 4.69) is 21.2 Å². The summed E-state index contributed by atoms with van der Waals surface area (Å²) in [7, 11) is 0. The van der Waals surface area contributed by atoms with E-state index in [-0.39, 0.29) is 12.2 Å². The zero-order chi connectivity index (χ0) is 15.2. The van der Waals surface area contributed by atoms with Crippen LogP contribution < -0.4 is 10.1 Å². The van der Waals surface area contributed by atoms with Gasteiger partial charge >= 0.3 is 0 Å². The molecule has 1 N–H and O–H groups in total. The Labute approximate surface area is 131 Å². The third kappa shape index (κ3) is 4.25. The van der Waals surface area contributed by atoms with Crippen molar-refractivity contribution in [2.24, 2.45) is 0 Å². The van der Waals surface area contributed by atoms with Crippen LogP contribution in [-0.2, 0) is 13.2 Å². The summed E-state index contributed by atoms with van der Waals surface area (Å²) in [5, 5.41) is 3.23. The highest BCUT2D eigenvalue weighted by atomic mass is 79.9. The van der Waals surface area contributed by atoms with E-state index >= 15 is 0 Å². The van der Waals surface area contributed by atoms with Crippen LogP contribution in [0.3, 0.4) is 0 Å². The van der Waals surface area contributed by atoms with E-state index in [4.69, 9.17) is 4.74 Å². The lowest BCUT2D eigenvalue weighted by atomic mass is 10.2. The van der Waals surface area contributed by atoms with Gasteiger partial charge in [0.1, 0.15) is 12.4 Å². The highest BCUT2D eigenvalue weighted by molar-refractivity contribution is 9.10. The molecule has 2 rings (SSSR count). The van der Waals surface area contributed by atoms with Crippen molar-refractivity contribution in [2.45, 2.75) is 20.1 Å². The first-order chi connectivity index (χ1) is 10.1. The number of rotatable bonds is 6. The Kier molecular flexibility index (Phi) is 5.70. The van der Waals surface area contributed by atoms with Crippen molar-refractivity contribution in [3.8, 4) is 5.75 Å². The van der Waals surface area contributed by atoms with Gasteiger partial charge in [0, 0.05) is 12.1 Å². The summed E-state index contributed by atoms with van der Waals surface area (Å²) in [4.78, 5) is 0. The molecular formula is C16H16BrF2NO. The minimum atomic E-state index is -0.865. The fraction of sp³-hybridized carbons (Fsp3) is 0.250. The zero-order valence-electron chi connectivity index (χ0n) is 11.6. The molecule has 0 aliphatic rings. The molecule has 0 aliphatic carbocycles. The van der Waals surface area contributed by atoms with Crippen LogP contribution in [0.5, 0.6) is 5.75 Å². The lowest BCUT2D eigenvalue weighted by molar-refractivity contribution is 0.295. The van der Waals surface area contributed by atoms with Crippen LogP contribution >= 0.6 is 15.9 Å². The summed E-state index contributed by atoms with van der Waals surface area (Å²) in [5.41, 5.74) is 1.31. The number of hydrogen-bond donors (Lipinski definition) is 1. The predicted octanol–water partition coefficient (Wildman–Crippen LogP) is 4.42. The second-order valence-electron chi connectivity index (χ2n) is 4.55. The van der Waals surface area contributed by atoms with E-state index in [1.165, 1.54) is 12.1 Å². The Morgan fingerprint density at radius 1 is 1.19 bits per heavy atom. The monoisotopic (exact) mass is 355 g/mol. The van der Waals surface area contributed by atoms with Crippen molar-refractivity contribution in [2.75, 3.05) is 6.54 Å². The van der Waals surface area contributed by atoms with Gasteiger partial charge in [0.2, 0.25) is 0 Å². The normalized spacial score (nSPS) is 10.7. The molecule has 0 unspecified atom stereocenters. The van der Waals surface area contributed by atoms with E-state index in [9.17, 15) is 8.78 Å². The van der Waals surface area contributed by atoms with E-state index in [0.717, 1.165) is 29.2 Å². The largest absolute Gasteiger partial charge is 0.488 e. The molecule has 2 nitrogen and oxygen atoms in total. The first-order valence-corrected chi connectivity index (χ1v) is 7.46. The van der Waals surface area contributed by atoms with Gasteiger partial charge in [0.15, 0.2) is 11.6 Å².